The Balaban J connectivity index is 1.83. The van der Waals surface area contributed by atoms with Crippen molar-refractivity contribution in [2.24, 2.45) is 11.3 Å². The maximum atomic E-state index is 12.0. The first kappa shape index (κ1) is 14.6. The van der Waals surface area contributed by atoms with Crippen molar-refractivity contribution in [3.63, 3.8) is 0 Å². The fourth-order valence-corrected chi connectivity index (χ4v) is 4.39. The monoisotopic (exact) mass is 286 g/mol. The number of carboxylic acid groups (broad SMARTS) is 1. The van der Waals surface area contributed by atoms with Crippen molar-refractivity contribution in [3.8, 4) is 0 Å². The van der Waals surface area contributed by atoms with Gasteiger partial charge in [0.05, 0.1) is 5.41 Å². The van der Waals surface area contributed by atoms with Crippen LogP contribution in [0.3, 0.4) is 0 Å². The van der Waals surface area contributed by atoms with Crippen LogP contribution in [0.2, 0.25) is 0 Å². The number of fused-ring (bicyclic) bond motifs is 1. The van der Waals surface area contributed by atoms with Gasteiger partial charge in [-0.05, 0) is 61.1 Å². The van der Waals surface area contributed by atoms with Crippen molar-refractivity contribution in [3.05, 3.63) is 34.9 Å². The summed E-state index contributed by atoms with van der Waals surface area (Å²) >= 11 is 0. The SMILES string of the molecule is CCC1CCCC(Cc2ccc3c(c2)CCC3)(C(=O)O)C1. The summed E-state index contributed by atoms with van der Waals surface area (Å²) in [6, 6.07) is 6.68. The van der Waals surface area contributed by atoms with Gasteiger partial charge in [0.1, 0.15) is 0 Å². The molecule has 0 spiro atoms. The van der Waals surface area contributed by atoms with E-state index < -0.39 is 11.4 Å². The molecule has 1 aromatic rings. The molecule has 2 unspecified atom stereocenters. The molecular formula is C19H26O2. The Labute approximate surface area is 127 Å². The van der Waals surface area contributed by atoms with Crippen LogP contribution in [0.4, 0.5) is 0 Å². The van der Waals surface area contributed by atoms with Crippen molar-refractivity contribution < 1.29 is 9.90 Å². The van der Waals surface area contributed by atoms with Crippen LogP contribution >= 0.6 is 0 Å². The molecule has 1 fully saturated rings. The highest BCUT2D eigenvalue weighted by atomic mass is 16.4. The third kappa shape index (κ3) is 2.86. The lowest BCUT2D eigenvalue weighted by molar-refractivity contribution is -0.152. The second kappa shape index (κ2) is 5.82. The fourth-order valence-electron chi connectivity index (χ4n) is 4.39. The minimum Gasteiger partial charge on any atom is -0.481 e. The van der Waals surface area contributed by atoms with Crippen LogP contribution in [0, 0.1) is 11.3 Å². The van der Waals surface area contributed by atoms with E-state index in [0.717, 1.165) is 25.7 Å². The average Bonchev–Trinajstić information content (AvgIpc) is 2.95. The maximum Gasteiger partial charge on any atom is 0.309 e. The van der Waals surface area contributed by atoms with Gasteiger partial charge in [0.15, 0.2) is 0 Å². The summed E-state index contributed by atoms with van der Waals surface area (Å²) in [5, 5.41) is 9.86. The molecule has 21 heavy (non-hydrogen) atoms. The smallest absolute Gasteiger partial charge is 0.309 e. The molecule has 1 aromatic carbocycles. The van der Waals surface area contributed by atoms with Gasteiger partial charge < -0.3 is 5.11 Å². The summed E-state index contributed by atoms with van der Waals surface area (Å²) in [4.78, 5) is 12.0. The summed E-state index contributed by atoms with van der Waals surface area (Å²) < 4.78 is 0. The number of aliphatic carboxylic acids is 1. The number of benzene rings is 1. The molecule has 0 aliphatic heterocycles. The largest absolute Gasteiger partial charge is 0.481 e. The van der Waals surface area contributed by atoms with E-state index in [1.165, 1.54) is 42.4 Å². The number of rotatable bonds is 4. The highest BCUT2D eigenvalue weighted by Crippen LogP contribution is 2.43. The Hall–Kier alpha value is -1.31. The molecule has 0 amide bonds. The Morgan fingerprint density at radius 3 is 2.86 bits per heavy atom. The zero-order chi connectivity index (χ0) is 14.9. The first-order chi connectivity index (χ1) is 10.1. The summed E-state index contributed by atoms with van der Waals surface area (Å²) in [5.41, 5.74) is 3.63. The highest BCUT2D eigenvalue weighted by molar-refractivity contribution is 5.75. The topological polar surface area (TPSA) is 37.3 Å². The summed E-state index contributed by atoms with van der Waals surface area (Å²) in [6.45, 7) is 2.19. The van der Waals surface area contributed by atoms with Crippen molar-refractivity contribution >= 4 is 5.97 Å². The molecule has 2 aliphatic rings. The van der Waals surface area contributed by atoms with Crippen molar-refractivity contribution in [1.82, 2.24) is 0 Å². The van der Waals surface area contributed by atoms with Crippen LogP contribution in [0.15, 0.2) is 18.2 Å². The standard InChI is InChI=1S/C19H26O2/c1-2-14-5-4-10-19(12-14,18(20)21)13-15-8-9-16-6-3-7-17(16)11-15/h8-9,11,14H,2-7,10,12-13H2,1H3,(H,20,21). The zero-order valence-corrected chi connectivity index (χ0v) is 13.0. The third-order valence-corrected chi connectivity index (χ3v) is 5.68. The molecule has 1 saturated carbocycles. The van der Waals surface area contributed by atoms with Gasteiger partial charge in [-0.3, -0.25) is 4.79 Å². The summed E-state index contributed by atoms with van der Waals surface area (Å²) in [6.07, 6.45) is 9.40. The fraction of sp³-hybridized carbons (Fsp3) is 0.632. The molecule has 0 radical (unpaired) electrons. The Morgan fingerprint density at radius 1 is 1.29 bits per heavy atom. The molecule has 0 bridgehead atoms. The molecule has 2 atom stereocenters. The zero-order valence-electron chi connectivity index (χ0n) is 13.0. The maximum absolute atomic E-state index is 12.0. The molecular weight excluding hydrogens is 260 g/mol. The predicted molar refractivity (Wildman–Crippen MR) is 84.5 cm³/mol. The van der Waals surface area contributed by atoms with Crippen molar-refractivity contribution in [2.45, 2.75) is 64.7 Å². The first-order valence-electron chi connectivity index (χ1n) is 8.47. The van der Waals surface area contributed by atoms with Gasteiger partial charge in [-0.15, -0.1) is 0 Å². The minimum atomic E-state index is -0.582. The summed E-state index contributed by atoms with van der Waals surface area (Å²) in [5.74, 6) is 0.00502. The summed E-state index contributed by atoms with van der Waals surface area (Å²) in [7, 11) is 0. The first-order valence-corrected chi connectivity index (χ1v) is 8.47. The van der Waals surface area contributed by atoms with E-state index in [9.17, 15) is 9.90 Å². The lowest BCUT2D eigenvalue weighted by Crippen LogP contribution is -2.38. The average molecular weight is 286 g/mol. The molecule has 2 heteroatoms. The normalized spacial score (nSPS) is 28.3. The second-order valence-corrected chi connectivity index (χ2v) is 7.09. The lowest BCUT2D eigenvalue weighted by atomic mass is 9.66. The van der Waals surface area contributed by atoms with Crippen molar-refractivity contribution in [2.75, 3.05) is 0 Å². The number of carbonyl (C=O) groups is 1. The van der Waals surface area contributed by atoms with Crippen LogP contribution in [-0.2, 0) is 24.1 Å². The molecule has 1 N–H and O–H groups in total. The molecule has 3 rings (SSSR count). The Kier molecular flexibility index (Phi) is 4.05. The number of aryl methyl sites for hydroxylation is 2. The molecule has 0 saturated heterocycles. The molecule has 114 valence electrons. The van der Waals surface area contributed by atoms with E-state index in [0.29, 0.717) is 12.3 Å². The van der Waals surface area contributed by atoms with Gasteiger partial charge in [0, 0.05) is 0 Å². The van der Waals surface area contributed by atoms with Gasteiger partial charge in [0.2, 0.25) is 0 Å². The third-order valence-electron chi connectivity index (χ3n) is 5.68. The number of hydrogen-bond acceptors (Lipinski definition) is 1. The van der Waals surface area contributed by atoms with Gasteiger partial charge in [-0.2, -0.15) is 0 Å². The minimum absolute atomic E-state index is 0.522. The second-order valence-electron chi connectivity index (χ2n) is 7.09. The van der Waals surface area contributed by atoms with Crippen LogP contribution in [0.1, 0.15) is 62.1 Å². The van der Waals surface area contributed by atoms with Gasteiger partial charge in [-0.1, -0.05) is 44.4 Å². The number of carboxylic acids is 1. The predicted octanol–water partition coefficient (Wildman–Crippen LogP) is 4.39. The van der Waals surface area contributed by atoms with E-state index in [4.69, 9.17) is 0 Å². The van der Waals surface area contributed by atoms with Gasteiger partial charge in [-0.25, -0.2) is 0 Å². The Morgan fingerprint density at radius 2 is 2.10 bits per heavy atom. The van der Waals surface area contributed by atoms with Gasteiger partial charge >= 0.3 is 5.97 Å². The van der Waals surface area contributed by atoms with E-state index in [-0.39, 0.29) is 0 Å². The van der Waals surface area contributed by atoms with Crippen LogP contribution in [-0.4, -0.2) is 11.1 Å². The van der Waals surface area contributed by atoms with Gasteiger partial charge in [0.25, 0.3) is 0 Å². The molecule has 2 nitrogen and oxygen atoms in total. The molecule has 0 aromatic heterocycles. The quantitative estimate of drug-likeness (QED) is 0.891. The lowest BCUT2D eigenvalue weighted by Gasteiger charge is -2.37. The van der Waals surface area contributed by atoms with E-state index >= 15 is 0 Å². The molecule has 0 heterocycles. The van der Waals surface area contributed by atoms with Crippen LogP contribution < -0.4 is 0 Å². The highest BCUT2D eigenvalue weighted by Gasteiger charge is 2.42. The van der Waals surface area contributed by atoms with E-state index in [1.54, 1.807) is 0 Å². The van der Waals surface area contributed by atoms with Crippen LogP contribution in [0.5, 0.6) is 0 Å². The van der Waals surface area contributed by atoms with Crippen LogP contribution in [0.25, 0.3) is 0 Å². The number of hydrogen-bond donors (Lipinski definition) is 1. The van der Waals surface area contributed by atoms with Crippen molar-refractivity contribution in [1.29, 1.82) is 0 Å². The Bertz CT molecular complexity index is 534. The van der Waals surface area contributed by atoms with E-state index in [1.807, 2.05) is 0 Å². The van der Waals surface area contributed by atoms with E-state index in [2.05, 4.69) is 25.1 Å². The molecule has 2 aliphatic carbocycles.